The van der Waals surface area contributed by atoms with Gasteiger partial charge in [0.05, 0.1) is 12.6 Å². The van der Waals surface area contributed by atoms with Crippen molar-refractivity contribution in [2.45, 2.75) is 64.5 Å². The Hall–Kier alpha value is -0.850. The van der Waals surface area contributed by atoms with Crippen LogP contribution < -0.4 is 5.73 Å². The summed E-state index contributed by atoms with van der Waals surface area (Å²) >= 11 is 0. The number of carbonyl (C=O) groups is 2. The molecule has 1 heterocycles. The molecular weight excluding hydrogens is 352 g/mol. The summed E-state index contributed by atoms with van der Waals surface area (Å²) in [7, 11) is 1.95. The van der Waals surface area contributed by atoms with E-state index < -0.39 is 6.04 Å². The van der Waals surface area contributed by atoms with Gasteiger partial charge in [-0.1, -0.05) is 39.5 Å². The molecule has 2 unspecified atom stereocenters. The maximum Gasteiger partial charge on any atom is 0.239 e. The van der Waals surface area contributed by atoms with E-state index in [2.05, 4.69) is 11.8 Å². The minimum absolute atomic E-state index is 0. The molecule has 0 spiro atoms. The molecule has 2 rings (SSSR count). The number of piperazine rings is 1. The average Bonchev–Trinajstić information content (AvgIpc) is 2.66. The predicted molar refractivity (Wildman–Crippen MR) is 107 cm³/mol. The van der Waals surface area contributed by atoms with Gasteiger partial charge in [-0.05, 0) is 18.8 Å². The highest BCUT2D eigenvalue weighted by atomic mass is 35.5. The molecule has 1 saturated heterocycles. The van der Waals surface area contributed by atoms with Crippen molar-refractivity contribution in [1.29, 1.82) is 0 Å². The molecule has 0 radical (unpaired) electrons. The summed E-state index contributed by atoms with van der Waals surface area (Å²) in [6.07, 6.45) is 6.96. The van der Waals surface area contributed by atoms with Crippen LogP contribution in [0.5, 0.6) is 0 Å². The molecule has 1 aliphatic carbocycles. The summed E-state index contributed by atoms with van der Waals surface area (Å²) < 4.78 is 0. The number of nitrogens with two attached hydrogens (primary N) is 1. The summed E-state index contributed by atoms with van der Waals surface area (Å²) in [5.41, 5.74) is 6.07. The Bertz CT molecular complexity index is 449. The Morgan fingerprint density at radius 2 is 1.69 bits per heavy atom. The lowest BCUT2D eigenvalue weighted by Crippen LogP contribution is -2.56. The Kier molecular flexibility index (Phi) is 9.90. The number of hydrogen-bond acceptors (Lipinski definition) is 4. The van der Waals surface area contributed by atoms with Crippen LogP contribution in [0.4, 0.5) is 0 Å². The molecule has 0 aromatic heterocycles. The molecule has 2 atom stereocenters. The minimum atomic E-state index is -0.407. The van der Waals surface area contributed by atoms with Gasteiger partial charge in [0, 0.05) is 39.3 Å². The number of rotatable bonds is 6. The second-order valence-corrected chi connectivity index (χ2v) is 7.81. The number of halogens is 1. The molecule has 2 fully saturated rings. The molecule has 0 aromatic rings. The van der Waals surface area contributed by atoms with Crippen molar-refractivity contribution in [2.75, 3.05) is 39.8 Å². The molecule has 152 valence electrons. The van der Waals surface area contributed by atoms with Gasteiger partial charge in [0.1, 0.15) is 0 Å². The lowest BCUT2D eigenvalue weighted by Gasteiger charge is -2.38. The van der Waals surface area contributed by atoms with Crippen LogP contribution in [0.1, 0.15) is 52.4 Å². The van der Waals surface area contributed by atoms with E-state index in [4.69, 9.17) is 5.73 Å². The summed E-state index contributed by atoms with van der Waals surface area (Å²) in [4.78, 5) is 31.0. The summed E-state index contributed by atoms with van der Waals surface area (Å²) in [6, 6.07) is 0.00765. The zero-order chi connectivity index (χ0) is 18.4. The Labute approximate surface area is 164 Å². The molecule has 1 saturated carbocycles. The average molecular weight is 389 g/mol. The van der Waals surface area contributed by atoms with Gasteiger partial charge in [0.2, 0.25) is 11.8 Å². The quantitative estimate of drug-likeness (QED) is 0.752. The first-order chi connectivity index (χ1) is 11.9. The Morgan fingerprint density at radius 3 is 2.23 bits per heavy atom. The molecule has 7 heteroatoms. The predicted octanol–water partition coefficient (Wildman–Crippen LogP) is 1.72. The van der Waals surface area contributed by atoms with Crippen molar-refractivity contribution in [2.24, 2.45) is 11.7 Å². The van der Waals surface area contributed by atoms with Gasteiger partial charge in [0.25, 0.3) is 0 Å². The summed E-state index contributed by atoms with van der Waals surface area (Å²) in [5.74, 6) is 0.471. The normalized spacial score (nSPS) is 21.6. The molecule has 6 nitrogen and oxygen atoms in total. The summed E-state index contributed by atoms with van der Waals surface area (Å²) in [6.45, 7) is 7.40. The number of nitrogens with zero attached hydrogens (tertiary/aromatic N) is 3. The zero-order valence-corrected chi connectivity index (χ0v) is 17.5. The lowest BCUT2D eigenvalue weighted by atomic mass is 9.94. The molecule has 0 aromatic carbocycles. The van der Waals surface area contributed by atoms with E-state index in [0.29, 0.717) is 25.7 Å². The number of carbonyl (C=O) groups excluding carboxylic acids is 2. The first-order valence-electron chi connectivity index (χ1n) is 9.96. The van der Waals surface area contributed by atoms with Crippen molar-refractivity contribution in [3.8, 4) is 0 Å². The van der Waals surface area contributed by atoms with Gasteiger partial charge in [0.15, 0.2) is 0 Å². The van der Waals surface area contributed by atoms with E-state index in [0.717, 1.165) is 32.4 Å². The van der Waals surface area contributed by atoms with Gasteiger partial charge in [-0.25, -0.2) is 0 Å². The Balaban J connectivity index is 0.00000338. The molecular formula is C19H37ClN4O2. The van der Waals surface area contributed by atoms with E-state index in [1.807, 2.05) is 23.8 Å². The van der Waals surface area contributed by atoms with Crippen LogP contribution in [-0.2, 0) is 9.59 Å². The number of hydrogen-bond donors (Lipinski definition) is 1. The van der Waals surface area contributed by atoms with Gasteiger partial charge >= 0.3 is 0 Å². The molecule has 1 aliphatic heterocycles. The lowest BCUT2D eigenvalue weighted by molar-refractivity contribution is -0.137. The van der Waals surface area contributed by atoms with Crippen LogP contribution in [-0.4, -0.2) is 78.4 Å². The second-order valence-electron chi connectivity index (χ2n) is 7.81. The molecule has 26 heavy (non-hydrogen) atoms. The van der Waals surface area contributed by atoms with E-state index in [1.165, 1.54) is 19.3 Å². The van der Waals surface area contributed by atoms with Crippen LogP contribution in [0.3, 0.4) is 0 Å². The number of amides is 2. The van der Waals surface area contributed by atoms with Crippen LogP contribution in [0.25, 0.3) is 0 Å². The van der Waals surface area contributed by atoms with Crippen molar-refractivity contribution in [3.63, 3.8) is 0 Å². The van der Waals surface area contributed by atoms with Crippen LogP contribution in [0.2, 0.25) is 0 Å². The monoisotopic (exact) mass is 388 g/mol. The van der Waals surface area contributed by atoms with Crippen molar-refractivity contribution in [1.82, 2.24) is 14.7 Å². The first kappa shape index (κ1) is 23.2. The molecule has 2 N–H and O–H groups in total. The maximum absolute atomic E-state index is 12.5. The Morgan fingerprint density at radius 1 is 1.12 bits per heavy atom. The molecule has 2 aliphatic rings. The fourth-order valence-electron chi connectivity index (χ4n) is 3.81. The van der Waals surface area contributed by atoms with E-state index in [-0.39, 0.29) is 30.1 Å². The van der Waals surface area contributed by atoms with Gasteiger partial charge in [-0.3, -0.25) is 14.5 Å². The van der Waals surface area contributed by atoms with Crippen molar-refractivity contribution in [3.05, 3.63) is 0 Å². The highest BCUT2D eigenvalue weighted by Crippen LogP contribution is 2.21. The van der Waals surface area contributed by atoms with E-state index in [1.54, 1.807) is 0 Å². The summed E-state index contributed by atoms with van der Waals surface area (Å²) in [5, 5.41) is 0. The van der Waals surface area contributed by atoms with Crippen LogP contribution in [0.15, 0.2) is 0 Å². The third kappa shape index (κ3) is 6.10. The third-order valence-electron chi connectivity index (χ3n) is 6.10. The third-order valence-corrected chi connectivity index (χ3v) is 6.10. The van der Waals surface area contributed by atoms with Crippen LogP contribution in [0, 0.1) is 5.92 Å². The van der Waals surface area contributed by atoms with Crippen LogP contribution >= 0.6 is 12.4 Å². The van der Waals surface area contributed by atoms with Crippen molar-refractivity contribution < 1.29 is 9.59 Å². The standard InChI is InChI=1S/C19H36N4O2.ClH/c1-4-15(2)18(20)19(25)23-12-10-22(11-13-23)14-17(24)21(3)16-8-6-5-7-9-16;/h15-16,18H,4-14,20H2,1-3H3;1H. The molecule has 0 bridgehead atoms. The van der Waals surface area contributed by atoms with Gasteiger partial charge < -0.3 is 15.5 Å². The fourth-order valence-corrected chi connectivity index (χ4v) is 3.81. The molecule has 2 amide bonds. The second kappa shape index (κ2) is 11.1. The minimum Gasteiger partial charge on any atom is -0.342 e. The van der Waals surface area contributed by atoms with Crippen molar-refractivity contribution >= 4 is 24.2 Å². The van der Waals surface area contributed by atoms with Gasteiger partial charge in [-0.2, -0.15) is 0 Å². The number of likely N-dealkylation sites (N-methyl/N-ethyl adjacent to an activating group) is 1. The maximum atomic E-state index is 12.5. The SMILES string of the molecule is CCC(C)C(N)C(=O)N1CCN(CC(=O)N(C)C2CCCCC2)CC1.Cl. The van der Waals surface area contributed by atoms with E-state index >= 15 is 0 Å². The zero-order valence-electron chi connectivity index (χ0n) is 16.7. The highest BCUT2D eigenvalue weighted by Gasteiger charge is 2.29. The highest BCUT2D eigenvalue weighted by molar-refractivity contribution is 5.85. The van der Waals surface area contributed by atoms with Gasteiger partial charge in [-0.15, -0.1) is 12.4 Å². The topological polar surface area (TPSA) is 69.9 Å². The van der Waals surface area contributed by atoms with E-state index in [9.17, 15) is 9.59 Å². The first-order valence-corrected chi connectivity index (χ1v) is 9.96. The largest absolute Gasteiger partial charge is 0.342 e. The fraction of sp³-hybridized carbons (Fsp3) is 0.895. The smallest absolute Gasteiger partial charge is 0.239 e.